The summed E-state index contributed by atoms with van der Waals surface area (Å²) >= 11 is 5.35. The third-order valence-corrected chi connectivity index (χ3v) is 2.48. The van der Waals surface area contributed by atoms with Crippen molar-refractivity contribution >= 4 is 23.4 Å². The summed E-state index contributed by atoms with van der Waals surface area (Å²) in [4.78, 5) is 22.6. The van der Waals surface area contributed by atoms with Crippen molar-refractivity contribution in [1.29, 1.82) is 0 Å². The Morgan fingerprint density at radius 1 is 1.32 bits per heavy atom. The summed E-state index contributed by atoms with van der Waals surface area (Å²) in [5.74, 6) is -4.35. The van der Waals surface area contributed by atoms with Crippen molar-refractivity contribution in [2.75, 3.05) is 6.61 Å². The number of Topliss-reactive ketones (excluding diaryl/α,β-unsaturated/α-hetero) is 1. The molecule has 0 radical (unpaired) electrons. The van der Waals surface area contributed by atoms with Crippen molar-refractivity contribution in [3.8, 4) is 0 Å². The van der Waals surface area contributed by atoms with Crippen LogP contribution in [0.1, 0.15) is 22.8 Å². The number of halogens is 5. The second-order valence-corrected chi connectivity index (χ2v) is 3.71. The van der Waals surface area contributed by atoms with Gasteiger partial charge in [0.1, 0.15) is 5.82 Å². The summed E-state index contributed by atoms with van der Waals surface area (Å²) in [5.41, 5.74) is -2.54. The van der Waals surface area contributed by atoms with Crippen LogP contribution in [0, 0.1) is 5.82 Å². The molecule has 0 bridgehead atoms. The molecule has 0 saturated carbocycles. The van der Waals surface area contributed by atoms with Gasteiger partial charge in [0, 0.05) is 0 Å². The number of benzene rings is 1. The van der Waals surface area contributed by atoms with Crippen LogP contribution in [0.2, 0.25) is 5.02 Å². The van der Waals surface area contributed by atoms with E-state index in [1.54, 1.807) is 0 Å². The van der Waals surface area contributed by atoms with E-state index < -0.39 is 39.9 Å². The molecule has 19 heavy (non-hydrogen) atoms. The van der Waals surface area contributed by atoms with Gasteiger partial charge in [-0.2, -0.15) is 13.2 Å². The van der Waals surface area contributed by atoms with Crippen LogP contribution in [0.15, 0.2) is 12.1 Å². The minimum atomic E-state index is -4.87. The number of hydrogen-bond acceptors (Lipinski definition) is 3. The normalized spacial score (nSPS) is 11.3. The summed E-state index contributed by atoms with van der Waals surface area (Å²) < 4.78 is 55.3. The van der Waals surface area contributed by atoms with Crippen LogP contribution in [-0.4, -0.2) is 18.4 Å². The molecule has 1 aromatic rings. The van der Waals surface area contributed by atoms with Crippen LogP contribution in [-0.2, 0) is 15.7 Å². The Bertz CT molecular complexity index is 525. The number of rotatable bonds is 3. The Morgan fingerprint density at radius 3 is 2.37 bits per heavy atom. The van der Waals surface area contributed by atoms with E-state index in [0.29, 0.717) is 12.1 Å². The smallest absolute Gasteiger partial charge is 0.417 e. The van der Waals surface area contributed by atoms with Crippen molar-refractivity contribution in [2.24, 2.45) is 0 Å². The SMILES string of the molecule is CCOC(=O)C(=O)c1c(F)ccc(C(F)(F)F)c1Cl. The molecule has 0 heterocycles. The third-order valence-electron chi connectivity index (χ3n) is 2.08. The first-order chi connectivity index (χ1) is 8.70. The molecule has 0 aliphatic carbocycles. The highest BCUT2D eigenvalue weighted by atomic mass is 35.5. The number of carbonyl (C=O) groups is 2. The lowest BCUT2D eigenvalue weighted by Gasteiger charge is -2.12. The molecule has 0 atom stereocenters. The van der Waals surface area contributed by atoms with Gasteiger partial charge in [-0.3, -0.25) is 4.79 Å². The maximum atomic E-state index is 13.4. The van der Waals surface area contributed by atoms with E-state index in [0.717, 1.165) is 0 Å². The van der Waals surface area contributed by atoms with Gasteiger partial charge in [0.2, 0.25) is 0 Å². The summed E-state index contributed by atoms with van der Waals surface area (Å²) in [6, 6.07) is 0.806. The average molecular weight is 299 g/mol. The average Bonchev–Trinajstić information content (AvgIpc) is 2.27. The van der Waals surface area contributed by atoms with Crippen molar-refractivity contribution in [1.82, 2.24) is 0 Å². The van der Waals surface area contributed by atoms with Crippen LogP contribution in [0.3, 0.4) is 0 Å². The van der Waals surface area contributed by atoms with E-state index in [9.17, 15) is 27.2 Å². The summed E-state index contributed by atoms with van der Waals surface area (Å²) in [5, 5.41) is -1.16. The quantitative estimate of drug-likeness (QED) is 0.372. The van der Waals surface area contributed by atoms with E-state index >= 15 is 0 Å². The minimum Gasteiger partial charge on any atom is -0.460 e. The zero-order valence-electron chi connectivity index (χ0n) is 9.48. The largest absolute Gasteiger partial charge is 0.460 e. The molecular weight excluding hydrogens is 292 g/mol. The lowest BCUT2D eigenvalue weighted by molar-refractivity contribution is -0.138. The van der Waals surface area contributed by atoms with Gasteiger partial charge in [0.15, 0.2) is 0 Å². The highest BCUT2D eigenvalue weighted by molar-refractivity contribution is 6.45. The molecule has 0 aliphatic heterocycles. The van der Waals surface area contributed by atoms with Crippen molar-refractivity contribution in [2.45, 2.75) is 13.1 Å². The first-order valence-corrected chi connectivity index (χ1v) is 5.34. The topological polar surface area (TPSA) is 43.4 Å². The zero-order valence-corrected chi connectivity index (χ0v) is 10.2. The van der Waals surface area contributed by atoms with Crippen molar-refractivity contribution < 1.29 is 31.9 Å². The number of hydrogen-bond donors (Lipinski definition) is 0. The molecule has 0 aliphatic rings. The van der Waals surface area contributed by atoms with E-state index in [4.69, 9.17) is 11.6 Å². The molecule has 8 heteroatoms. The lowest BCUT2D eigenvalue weighted by atomic mass is 10.1. The van der Waals surface area contributed by atoms with E-state index in [1.807, 2.05) is 0 Å². The maximum absolute atomic E-state index is 13.4. The van der Waals surface area contributed by atoms with Gasteiger partial charge < -0.3 is 4.74 Å². The van der Waals surface area contributed by atoms with E-state index in [-0.39, 0.29) is 6.61 Å². The number of ketones is 1. The van der Waals surface area contributed by atoms with Crippen LogP contribution >= 0.6 is 11.6 Å². The van der Waals surface area contributed by atoms with E-state index in [1.165, 1.54) is 6.92 Å². The van der Waals surface area contributed by atoms with Crippen LogP contribution in [0.5, 0.6) is 0 Å². The fourth-order valence-electron chi connectivity index (χ4n) is 1.28. The molecule has 3 nitrogen and oxygen atoms in total. The molecule has 0 amide bonds. The third kappa shape index (κ3) is 3.23. The van der Waals surface area contributed by atoms with Gasteiger partial charge in [-0.1, -0.05) is 11.6 Å². The van der Waals surface area contributed by atoms with Gasteiger partial charge >= 0.3 is 12.1 Å². The second-order valence-electron chi connectivity index (χ2n) is 3.33. The fraction of sp³-hybridized carbons (Fsp3) is 0.273. The molecule has 1 aromatic carbocycles. The Morgan fingerprint density at radius 2 is 1.89 bits per heavy atom. The van der Waals surface area contributed by atoms with Crippen LogP contribution in [0.4, 0.5) is 17.6 Å². The predicted octanol–water partition coefficient (Wildman–Crippen LogP) is 3.24. The van der Waals surface area contributed by atoms with Gasteiger partial charge in [-0.05, 0) is 19.1 Å². The molecule has 0 unspecified atom stereocenters. The van der Waals surface area contributed by atoms with Crippen LogP contribution < -0.4 is 0 Å². The minimum absolute atomic E-state index is 0.178. The highest BCUT2D eigenvalue weighted by Gasteiger charge is 2.37. The second kappa shape index (κ2) is 5.56. The summed E-state index contributed by atoms with van der Waals surface area (Å²) in [6.07, 6.45) is -4.87. The highest BCUT2D eigenvalue weighted by Crippen LogP contribution is 2.37. The number of ether oxygens (including phenoxy) is 1. The zero-order chi connectivity index (χ0) is 14.8. The van der Waals surface area contributed by atoms with Gasteiger partial charge in [0.25, 0.3) is 5.78 Å². The fourth-order valence-corrected chi connectivity index (χ4v) is 1.62. The molecular formula is C11H7ClF4O3. The Hall–Kier alpha value is -1.63. The van der Waals surface area contributed by atoms with Crippen LogP contribution in [0.25, 0.3) is 0 Å². The van der Waals surface area contributed by atoms with Gasteiger partial charge in [-0.15, -0.1) is 0 Å². The summed E-state index contributed by atoms with van der Waals surface area (Å²) in [6.45, 7) is 1.21. The Labute approximate surface area is 110 Å². The molecule has 1 rings (SSSR count). The number of carbonyl (C=O) groups excluding carboxylic acids is 2. The van der Waals surface area contributed by atoms with Crippen molar-refractivity contribution in [3.63, 3.8) is 0 Å². The molecule has 104 valence electrons. The molecule has 0 fully saturated rings. The monoisotopic (exact) mass is 298 g/mol. The summed E-state index contributed by atoms with van der Waals surface area (Å²) in [7, 11) is 0. The molecule has 0 spiro atoms. The predicted molar refractivity (Wildman–Crippen MR) is 57.4 cm³/mol. The molecule has 0 saturated heterocycles. The van der Waals surface area contributed by atoms with Gasteiger partial charge in [0.05, 0.1) is 22.8 Å². The standard InChI is InChI=1S/C11H7ClF4O3/c1-2-19-10(18)9(17)7-6(13)4-3-5(8(7)12)11(14,15)16/h3-4H,2H2,1H3. The first kappa shape index (κ1) is 15.4. The van der Waals surface area contributed by atoms with E-state index in [2.05, 4.69) is 4.74 Å². The maximum Gasteiger partial charge on any atom is 0.417 e. The number of alkyl halides is 3. The number of esters is 1. The Kier molecular flexibility index (Phi) is 4.52. The van der Waals surface area contributed by atoms with Gasteiger partial charge in [-0.25, -0.2) is 9.18 Å². The molecule has 0 N–H and O–H groups in total. The first-order valence-electron chi connectivity index (χ1n) is 4.96. The molecule has 0 aromatic heterocycles. The van der Waals surface area contributed by atoms with Crippen molar-refractivity contribution in [3.05, 3.63) is 34.1 Å². The Balaban J connectivity index is 3.36. The lowest BCUT2D eigenvalue weighted by Crippen LogP contribution is -2.20.